The van der Waals surface area contributed by atoms with Gasteiger partial charge in [-0.15, -0.1) is 0 Å². The smallest absolute Gasteiger partial charge is 0.338 e. The van der Waals surface area contributed by atoms with E-state index in [0.29, 0.717) is 19.5 Å². The lowest BCUT2D eigenvalue weighted by molar-refractivity contribution is 0.0474. The first-order valence-electron chi connectivity index (χ1n) is 10.8. The van der Waals surface area contributed by atoms with Gasteiger partial charge in [-0.05, 0) is 52.1 Å². The van der Waals surface area contributed by atoms with Crippen LogP contribution in [0.2, 0.25) is 0 Å². The van der Waals surface area contributed by atoms with Gasteiger partial charge in [0.2, 0.25) is 10.0 Å². The number of fused-ring (bicyclic) bond motifs is 2. The van der Waals surface area contributed by atoms with Crippen LogP contribution in [0.5, 0.6) is 0 Å². The van der Waals surface area contributed by atoms with Gasteiger partial charge in [-0.3, -0.25) is 0 Å². The molecule has 0 aliphatic carbocycles. The molecular formula is C27H23NO4S. The zero-order chi connectivity index (χ0) is 22.8. The Labute approximate surface area is 193 Å². The molecule has 166 valence electrons. The second-order valence-electron chi connectivity index (χ2n) is 8.10. The second kappa shape index (κ2) is 8.81. The Hall–Kier alpha value is -3.48. The minimum Gasteiger partial charge on any atom is -0.457 e. The Kier molecular flexibility index (Phi) is 5.70. The summed E-state index contributed by atoms with van der Waals surface area (Å²) in [4.78, 5) is 12.8. The number of rotatable bonds is 5. The van der Waals surface area contributed by atoms with Crippen molar-refractivity contribution < 1.29 is 17.9 Å². The van der Waals surface area contributed by atoms with Crippen LogP contribution in [0.1, 0.15) is 27.0 Å². The number of esters is 1. The largest absolute Gasteiger partial charge is 0.457 e. The third-order valence-electron chi connectivity index (χ3n) is 6.04. The van der Waals surface area contributed by atoms with Gasteiger partial charge < -0.3 is 4.74 Å². The number of carbonyl (C=O) groups excluding carboxylic acids is 1. The van der Waals surface area contributed by atoms with E-state index in [2.05, 4.69) is 0 Å². The van der Waals surface area contributed by atoms with E-state index in [1.165, 1.54) is 22.0 Å². The van der Waals surface area contributed by atoms with Crippen LogP contribution in [0, 0.1) is 0 Å². The third kappa shape index (κ3) is 4.27. The summed E-state index contributed by atoms with van der Waals surface area (Å²) in [5, 5.41) is 2.09. The van der Waals surface area contributed by atoms with E-state index in [-0.39, 0.29) is 17.1 Å². The molecule has 0 saturated heterocycles. The van der Waals surface area contributed by atoms with Crippen molar-refractivity contribution in [3.8, 4) is 0 Å². The van der Waals surface area contributed by atoms with Crippen LogP contribution < -0.4 is 0 Å². The van der Waals surface area contributed by atoms with Crippen LogP contribution in [0.15, 0.2) is 95.9 Å². The van der Waals surface area contributed by atoms with E-state index in [1.807, 2.05) is 66.7 Å². The molecule has 4 aromatic rings. The van der Waals surface area contributed by atoms with Gasteiger partial charge in [-0.2, -0.15) is 4.31 Å². The summed E-state index contributed by atoms with van der Waals surface area (Å²) in [5.41, 5.74) is 3.30. The van der Waals surface area contributed by atoms with E-state index in [1.54, 1.807) is 12.1 Å². The van der Waals surface area contributed by atoms with Crippen molar-refractivity contribution in [2.45, 2.75) is 24.5 Å². The standard InChI is InChI=1S/C27H23NO4S/c29-27(32-19-24-12-5-10-21-8-3-4-14-26(21)24)22-11-6-13-25(17-22)33(30,31)28-16-15-20-7-1-2-9-23(20)18-28/h1-14,17H,15-16,18-19H2. The maximum absolute atomic E-state index is 13.3. The molecule has 0 radical (unpaired) electrons. The van der Waals surface area contributed by atoms with E-state index in [0.717, 1.165) is 21.9 Å². The Morgan fingerprint density at radius 1 is 0.848 bits per heavy atom. The average molecular weight is 458 g/mol. The zero-order valence-corrected chi connectivity index (χ0v) is 18.8. The summed E-state index contributed by atoms with van der Waals surface area (Å²) in [6, 6.07) is 27.7. The van der Waals surface area contributed by atoms with E-state index >= 15 is 0 Å². The van der Waals surface area contributed by atoms with Crippen molar-refractivity contribution in [3.05, 3.63) is 113 Å². The maximum Gasteiger partial charge on any atom is 0.338 e. The Balaban J connectivity index is 1.34. The van der Waals surface area contributed by atoms with Crippen molar-refractivity contribution >= 4 is 26.8 Å². The molecule has 1 aliphatic heterocycles. The lowest BCUT2D eigenvalue weighted by atomic mass is 10.0. The lowest BCUT2D eigenvalue weighted by Crippen LogP contribution is -2.36. The number of sulfonamides is 1. The van der Waals surface area contributed by atoms with Crippen LogP contribution in [-0.2, 0) is 34.3 Å². The first-order valence-corrected chi connectivity index (χ1v) is 12.3. The Morgan fingerprint density at radius 3 is 2.45 bits per heavy atom. The molecule has 0 amide bonds. The number of hydrogen-bond acceptors (Lipinski definition) is 4. The van der Waals surface area contributed by atoms with Crippen molar-refractivity contribution in [1.29, 1.82) is 0 Å². The molecule has 0 N–H and O–H groups in total. The van der Waals surface area contributed by atoms with Crippen LogP contribution in [0.4, 0.5) is 0 Å². The van der Waals surface area contributed by atoms with Crippen LogP contribution >= 0.6 is 0 Å². The zero-order valence-electron chi connectivity index (χ0n) is 18.0. The van der Waals surface area contributed by atoms with E-state index < -0.39 is 16.0 Å². The van der Waals surface area contributed by atoms with E-state index in [9.17, 15) is 13.2 Å². The fourth-order valence-corrected chi connectivity index (χ4v) is 5.72. The number of carbonyl (C=O) groups is 1. The van der Waals surface area contributed by atoms with Gasteiger partial charge in [-0.1, -0.05) is 72.8 Å². The summed E-state index contributed by atoms with van der Waals surface area (Å²) in [6.45, 7) is 0.851. The molecule has 5 rings (SSSR count). The summed E-state index contributed by atoms with van der Waals surface area (Å²) < 4.78 is 33.5. The van der Waals surface area contributed by atoms with Gasteiger partial charge in [0.25, 0.3) is 0 Å². The molecule has 0 fully saturated rings. The van der Waals surface area contributed by atoms with Crippen molar-refractivity contribution in [3.63, 3.8) is 0 Å². The second-order valence-corrected chi connectivity index (χ2v) is 10.0. The molecule has 0 aromatic heterocycles. The monoisotopic (exact) mass is 457 g/mol. The third-order valence-corrected chi connectivity index (χ3v) is 7.88. The Bertz CT molecular complexity index is 1440. The molecule has 0 saturated carbocycles. The lowest BCUT2D eigenvalue weighted by Gasteiger charge is -2.28. The summed E-state index contributed by atoms with van der Waals surface area (Å²) in [6.07, 6.45) is 0.669. The molecule has 0 unspecified atom stereocenters. The minimum absolute atomic E-state index is 0.0986. The number of benzene rings is 4. The topological polar surface area (TPSA) is 63.7 Å². The van der Waals surface area contributed by atoms with Crippen molar-refractivity contribution in [1.82, 2.24) is 4.31 Å². The van der Waals surface area contributed by atoms with Crippen molar-refractivity contribution in [2.75, 3.05) is 6.54 Å². The van der Waals surface area contributed by atoms with Gasteiger partial charge in [0, 0.05) is 13.1 Å². The number of hydrogen-bond donors (Lipinski definition) is 0. The molecule has 1 aliphatic rings. The maximum atomic E-state index is 13.3. The molecule has 0 spiro atoms. The summed E-state index contributed by atoms with van der Waals surface area (Å²) in [7, 11) is -3.73. The highest BCUT2D eigenvalue weighted by atomic mass is 32.2. The fraction of sp³-hybridized carbons (Fsp3) is 0.148. The van der Waals surface area contributed by atoms with Gasteiger partial charge in [0.1, 0.15) is 6.61 Å². The number of ether oxygens (including phenoxy) is 1. The van der Waals surface area contributed by atoms with Crippen molar-refractivity contribution in [2.24, 2.45) is 0 Å². The predicted molar refractivity (Wildman–Crippen MR) is 127 cm³/mol. The molecule has 5 nitrogen and oxygen atoms in total. The van der Waals surface area contributed by atoms with Gasteiger partial charge >= 0.3 is 5.97 Å². The molecule has 0 bridgehead atoms. The minimum atomic E-state index is -3.73. The summed E-state index contributed by atoms with van der Waals surface area (Å²) >= 11 is 0. The highest BCUT2D eigenvalue weighted by Crippen LogP contribution is 2.26. The first kappa shape index (κ1) is 21.4. The molecule has 1 heterocycles. The molecular weight excluding hydrogens is 434 g/mol. The molecule has 0 atom stereocenters. The quantitative estimate of drug-likeness (QED) is 0.398. The first-order chi connectivity index (χ1) is 16.0. The summed E-state index contributed by atoms with van der Waals surface area (Å²) in [5.74, 6) is -0.552. The SMILES string of the molecule is O=C(OCc1cccc2ccccc12)c1cccc(S(=O)(=O)N2CCc3ccccc3C2)c1. The van der Waals surface area contributed by atoms with Gasteiger partial charge in [0.15, 0.2) is 0 Å². The highest BCUT2D eigenvalue weighted by molar-refractivity contribution is 7.89. The molecule has 33 heavy (non-hydrogen) atoms. The Morgan fingerprint density at radius 2 is 1.58 bits per heavy atom. The van der Waals surface area contributed by atoms with E-state index in [4.69, 9.17) is 4.74 Å². The van der Waals surface area contributed by atoms with Crippen LogP contribution in [0.3, 0.4) is 0 Å². The highest BCUT2D eigenvalue weighted by Gasteiger charge is 2.28. The molecule has 4 aromatic carbocycles. The fourth-order valence-electron chi connectivity index (χ4n) is 4.25. The van der Waals surface area contributed by atoms with Gasteiger partial charge in [0.05, 0.1) is 10.5 Å². The van der Waals surface area contributed by atoms with Crippen LogP contribution in [-0.4, -0.2) is 25.2 Å². The number of nitrogens with zero attached hydrogens (tertiary/aromatic N) is 1. The predicted octanol–water partition coefficient (Wildman–Crippen LogP) is 4.94. The van der Waals surface area contributed by atoms with Crippen LogP contribution in [0.25, 0.3) is 10.8 Å². The van der Waals surface area contributed by atoms with Gasteiger partial charge in [-0.25, -0.2) is 13.2 Å². The normalized spacial score (nSPS) is 14.1. The average Bonchev–Trinajstić information content (AvgIpc) is 2.87. The molecule has 6 heteroatoms.